The second kappa shape index (κ2) is 6.24. The Morgan fingerprint density at radius 1 is 0.783 bits per heavy atom. The zero-order chi connectivity index (χ0) is 17.2. The Kier molecular flexibility index (Phi) is 4.55. The van der Waals surface area contributed by atoms with E-state index in [9.17, 15) is 9.59 Å². The molecule has 0 saturated heterocycles. The first kappa shape index (κ1) is 16.7. The van der Waals surface area contributed by atoms with Crippen molar-refractivity contribution in [3.8, 4) is 0 Å². The molecular formula is C19H20O4. The third-order valence-electron chi connectivity index (χ3n) is 4.62. The van der Waals surface area contributed by atoms with Crippen molar-refractivity contribution in [3.05, 3.63) is 70.8 Å². The largest absolute Gasteiger partial charge is 0.478 e. The van der Waals surface area contributed by atoms with Crippen LogP contribution in [0, 0.1) is 5.92 Å². The molecule has 0 bridgehead atoms. The van der Waals surface area contributed by atoms with E-state index in [4.69, 9.17) is 10.2 Å². The van der Waals surface area contributed by atoms with E-state index in [0.717, 1.165) is 11.1 Å². The fourth-order valence-electron chi connectivity index (χ4n) is 2.75. The van der Waals surface area contributed by atoms with Gasteiger partial charge in [-0.1, -0.05) is 45.0 Å². The standard InChI is InChI=1S/C19H20O4/c1-12(2)19(3,15-8-4-13(5-9-15)17(20)21)16-10-6-14(7-11-16)18(22)23/h4-12H,1-3H3,(H,20,21)(H,22,23). The number of carboxylic acid groups (broad SMARTS) is 2. The van der Waals surface area contributed by atoms with Crippen LogP contribution in [0.2, 0.25) is 0 Å². The number of hydrogen-bond donors (Lipinski definition) is 2. The molecule has 0 aliphatic carbocycles. The lowest BCUT2D eigenvalue weighted by molar-refractivity contribution is 0.0686. The molecule has 0 amide bonds. The molecule has 0 radical (unpaired) electrons. The third kappa shape index (κ3) is 3.11. The average Bonchev–Trinajstić information content (AvgIpc) is 2.54. The maximum Gasteiger partial charge on any atom is 0.335 e. The van der Waals surface area contributed by atoms with Gasteiger partial charge in [0.15, 0.2) is 0 Å². The van der Waals surface area contributed by atoms with Crippen molar-refractivity contribution in [2.24, 2.45) is 5.92 Å². The molecule has 2 aromatic carbocycles. The van der Waals surface area contributed by atoms with Crippen LogP contribution >= 0.6 is 0 Å². The molecule has 4 nitrogen and oxygen atoms in total. The molecule has 0 aliphatic heterocycles. The second-order valence-corrected chi connectivity index (χ2v) is 6.12. The van der Waals surface area contributed by atoms with E-state index in [2.05, 4.69) is 20.8 Å². The molecule has 120 valence electrons. The number of hydrogen-bond acceptors (Lipinski definition) is 2. The predicted octanol–water partition coefficient (Wildman–Crippen LogP) is 4.05. The Bertz CT molecular complexity index is 655. The smallest absolute Gasteiger partial charge is 0.335 e. The van der Waals surface area contributed by atoms with E-state index in [1.54, 1.807) is 24.3 Å². The predicted molar refractivity (Wildman–Crippen MR) is 88.1 cm³/mol. The summed E-state index contributed by atoms with van der Waals surface area (Å²) in [4.78, 5) is 22.0. The Hall–Kier alpha value is -2.62. The lowest BCUT2D eigenvalue weighted by Crippen LogP contribution is -2.30. The molecule has 2 aromatic rings. The molecule has 2 rings (SSSR count). The summed E-state index contributed by atoms with van der Waals surface area (Å²) in [5, 5.41) is 18.1. The zero-order valence-electron chi connectivity index (χ0n) is 13.4. The van der Waals surface area contributed by atoms with Crippen LogP contribution in [0.3, 0.4) is 0 Å². The second-order valence-electron chi connectivity index (χ2n) is 6.12. The highest BCUT2D eigenvalue weighted by Gasteiger charge is 2.32. The minimum atomic E-state index is -0.950. The Balaban J connectivity index is 2.50. The van der Waals surface area contributed by atoms with Crippen LogP contribution in [-0.4, -0.2) is 22.2 Å². The van der Waals surface area contributed by atoms with Crippen LogP contribution < -0.4 is 0 Å². The van der Waals surface area contributed by atoms with E-state index >= 15 is 0 Å². The van der Waals surface area contributed by atoms with Crippen molar-refractivity contribution in [3.63, 3.8) is 0 Å². The summed E-state index contributed by atoms with van der Waals surface area (Å²) in [5.41, 5.74) is 2.16. The van der Waals surface area contributed by atoms with Gasteiger partial charge in [-0.05, 0) is 41.3 Å². The first-order chi connectivity index (χ1) is 10.8. The molecule has 4 heteroatoms. The minimum absolute atomic E-state index is 0.244. The van der Waals surface area contributed by atoms with Gasteiger partial charge >= 0.3 is 11.9 Å². The van der Waals surface area contributed by atoms with Gasteiger partial charge in [-0.3, -0.25) is 0 Å². The van der Waals surface area contributed by atoms with E-state index < -0.39 is 11.9 Å². The quantitative estimate of drug-likeness (QED) is 0.873. The average molecular weight is 312 g/mol. The first-order valence-corrected chi connectivity index (χ1v) is 7.44. The first-order valence-electron chi connectivity index (χ1n) is 7.44. The highest BCUT2D eigenvalue weighted by molar-refractivity contribution is 5.88. The molecule has 0 unspecified atom stereocenters. The maximum absolute atomic E-state index is 11.0. The molecule has 0 spiro atoms. The fourth-order valence-corrected chi connectivity index (χ4v) is 2.75. The molecule has 0 saturated carbocycles. The van der Waals surface area contributed by atoms with Crippen molar-refractivity contribution in [1.29, 1.82) is 0 Å². The Morgan fingerprint density at radius 2 is 1.09 bits per heavy atom. The summed E-state index contributed by atoms with van der Waals surface area (Å²) >= 11 is 0. The maximum atomic E-state index is 11.0. The van der Waals surface area contributed by atoms with Crippen molar-refractivity contribution in [2.45, 2.75) is 26.2 Å². The van der Waals surface area contributed by atoms with Gasteiger partial charge in [0.2, 0.25) is 0 Å². The van der Waals surface area contributed by atoms with Crippen LogP contribution in [0.25, 0.3) is 0 Å². The number of carbonyl (C=O) groups is 2. The van der Waals surface area contributed by atoms with Gasteiger partial charge in [-0.25, -0.2) is 9.59 Å². The van der Waals surface area contributed by atoms with Gasteiger partial charge in [-0.15, -0.1) is 0 Å². The molecule has 0 atom stereocenters. The van der Waals surface area contributed by atoms with Crippen LogP contribution in [-0.2, 0) is 5.41 Å². The van der Waals surface area contributed by atoms with Crippen molar-refractivity contribution in [2.75, 3.05) is 0 Å². The number of aromatic carboxylic acids is 2. The number of rotatable bonds is 5. The zero-order valence-corrected chi connectivity index (χ0v) is 13.4. The van der Waals surface area contributed by atoms with Crippen LogP contribution in [0.15, 0.2) is 48.5 Å². The van der Waals surface area contributed by atoms with Crippen molar-refractivity contribution in [1.82, 2.24) is 0 Å². The summed E-state index contributed by atoms with van der Waals surface area (Å²) in [7, 11) is 0. The minimum Gasteiger partial charge on any atom is -0.478 e. The number of benzene rings is 2. The normalized spacial score (nSPS) is 11.5. The molecule has 0 heterocycles. The van der Waals surface area contributed by atoms with Gasteiger partial charge in [0, 0.05) is 5.41 Å². The SMILES string of the molecule is CC(C)C(C)(c1ccc(C(=O)O)cc1)c1ccc(C(=O)O)cc1. The highest BCUT2D eigenvalue weighted by atomic mass is 16.4. The molecular weight excluding hydrogens is 292 g/mol. The summed E-state index contributed by atoms with van der Waals surface area (Å²) in [6.45, 7) is 6.27. The fraction of sp³-hybridized carbons (Fsp3) is 0.263. The van der Waals surface area contributed by atoms with Gasteiger partial charge in [0.05, 0.1) is 11.1 Å². The number of carboxylic acids is 2. The van der Waals surface area contributed by atoms with Crippen molar-refractivity contribution < 1.29 is 19.8 Å². The Morgan fingerprint density at radius 3 is 1.30 bits per heavy atom. The van der Waals surface area contributed by atoms with Crippen LogP contribution in [0.1, 0.15) is 52.6 Å². The topological polar surface area (TPSA) is 74.6 Å². The molecule has 23 heavy (non-hydrogen) atoms. The van der Waals surface area contributed by atoms with Crippen molar-refractivity contribution >= 4 is 11.9 Å². The van der Waals surface area contributed by atoms with Crippen LogP contribution in [0.5, 0.6) is 0 Å². The van der Waals surface area contributed by atoms with E-state index in [1.165, 1.54) is 0 Å². The molecule has 0 fully saturated rings. The van der Waals surface area contributed by atoms with Gasteiger partial charge in [-0.2, -0.15) is 0 Å². The van der Waals surface area contributed by atoms with E-state index in [1.807, 2.05) is 24.3 Å². The lowest BCUT2D eigenvalue weighted by atomic mass is 9.68. The molecule has 0 aromatic heterocycles. The summed E-state index contributed by atoms with van der Waals surface area (Å²) in [6.07, 6.45) is 0. The van der Waals surface area contributed by atoms with Gasteiger partial charge < -0.3 is 10.2 Å². The highest BCUT2D eigenvalue weighted by Crippen LogP contribution is 2.39. The van der Waals surface area contributed by atoms with E-state index in [0.29, 0.717) is 0 Å². The molecule has 2 N–H and O–H groups in total. The monoisotopic (exact) mass is 312 g/mol. The molecule has 0 aliphatic rings. The van der Waals surface area contributed by atoms with Gasteiger partial charge in [0.25, 0.3) is 0 Å². The summed E-state index contributed by atoms with van der Waals surface area (Å²) < 4.78 is 0. The third-order valence-corrected chi connectivity index (χ3v) is 4.62. The van der Waals surface area contributed by atoms with E-state index in [-0.39, 0.29) is 22.5 Å². The summed E-state index contributed by atoms with van der Waals surface area (Å²) in [6, 6.07) is 13.7. The van der Waals surface area contributed by atoms with Gasteiger partial charge in [0.1, 0.15) is 0 Å². The van der Waals surface area contributed by atoms with Crippen LogP contribution in [0.4, 0.5) is 0 Å². The Labute approximate surface area is 135 Å². The summed E-state index contributed by atoms with van der Waals surface area (Å²) in [5.74, 6) is -1.66. The lowest BCUT2D eigenvalue weighted by Gasteiger charge is -2.35.